The van der Waals surface area contributed by atoms with Crippen LogP contribution in [0.3, 0.4) is 0 Å². The minimum Gasteiger partial charge on any atom is -0.310 e. The van der Waals surface area contributed by atoms with Crippen LogP contribution in [0.15, 0.2) is 18.5 Å². The van der Waals surface area contributed by atoms with E-state index in [0.29, 0.717) is 12.0 Å². The molecule has 0 fully saturated rings. The molecule has 0 radical (unpaired) electrons. The highest BCUT2D eigenvalue weighted by atomic mass is 32.1. The fraction of sp³-hybridized carbons (Fsp3) is 0.500. The predicted octanol–water partition coefficient (Wildman–Crippen LogP) is 4.13. The van der Waals surface area contributed by atoms with Crippen LogP contribution in [0.25, 0.3) is 10.6 Å². The monoisotopic (exact) mass is 289 g/mol. The Kier molecular flexibility index (Phi) is 4.89. The average molecular weight is 289 g/mol. The van der Waals surface area contributed by atoms with Gasteiger partial charge in [0.25, 0.3) is 0 Å². The molecule has 0 amide bonds. The zero-order valence-electron chi connectivity index (χ0n) is 12.9. The van der Waals surface area contributed by atoms with Gasteiger partial charge < -0.3 is 5.32 Å². The van der Waals surface area contributed by atoms with Gasteiger partial charge >= 0.3 is 0 Å². The van der Waals surface area contributed by atoms with Crippen molar-refractivity contribution in [2.45, 2.75) is 53.1 Å². The van der Waals surface area contributed by atoms with Crippen molar-refractivity contribution in [1.29, 1.82) is 0 Å². The Morgan fingerprint density at radius 1 is 1.25 bits per heavy atom. The fourth-order valence-electron chi connectivity index (χ4n) is 2.04. The lowest BCUT2D eigenvalue weighted by molar-refractivity contribution is 0.588. The molecule has 0 aliphatic heterocycles. The molecule has 0 aliphatic rings. The van der Waals surface area contributed by atoms with Crippen LogP contribution >= 0.6 is 11.3 Å². The second-order valence-corrected chi connectivity index (χ2v) is 6.79. The van der Waals surface area contributed by atoms with E-state index in [0.717, 1.165) is 17.1 Å². The Morgan fingerprint density at radius 3 is 2.60 bits per heavy atom. The number of pyridine rings is 1. The summed E-state index contributed by atoms with van der Waals surface area (Å²) in [4.78, 5) is 10.4. The van der Waals surface area contributed by atoms with Crippen molar-refractivity contribution in [3.05, 3.63) is 34.6 Å². The molecular weight excluding hydrogens is 266 g/mol. The molecular formula is C16H23N3S. The molecule has 0 bridgehead atoms. The largest absolute Gasteiger partial charge is 0.310 e. The molecule has 4 heteroatoms. The van der Waals surface area contributed by atoms with Crippen LogP contribution in [0.4, 0.5) is 0 Å². The van der Waals surface area contributed by atoms with Gasteiger partial charge in [0, 0.05) is 35.4 Å². The maximum absolute atomic E-state index is 4.86. The Morgan fingerprint density at radius 2 is 2.00 bits per heavy atom. The van der Waals surface area contributed by atoms with Gasteiger partial charge in [-0.2, -0.15) is 0 Å². The number of nitrogens with one attached hydrogen (secondary N) is 1. The second-order valence-electron chi connectivity index (χ2n) is 5.71. The summed E-state index contributed by atoms with van der Waals surface area (Å²) in [5, 5.41) is 4.57. The minimum absolute atomic E-state index is 0.445. The van der Waals surface area contributed by atoms with Gasteiger partial charge in [0.1, 0.15) is 5.01 Å². The Labute approximate surface area is 125 Å². The first-order valence-electron chi connectivity index (χ1n) is 7.13. The summed E-state index contributed by atoms with van der Waals surface area (Å²) < 4.78 is 0. The first kappa shape index (κ1) is 15.1. The van der Waals surface area contributed by atoms with E-state index in [1.807, 2.05) is 18.5 Å². The van der Waals surface area contributed by atoms with Crippen molar-refractivity contribution in [3.63, 3.8) is 0 Å². The number of aryl methyl sites for hydroxylation is 1. The van der Waals surface area contributed by atoms with E-state index in [1.54, 1.807) is 11.3 Å². The zero-order valence-corrected chi connectivity index (χ0v) is 13.7. The molecule has 20 heavy (non-hydrogen) atoms. The molecule has 0 aliphatic carbocycles. The Hall–Kier alpha value is -1.26. The van der Waals surface area contributed by atoms with Gasteiger partial charge in [-0.1, -0.05) is 27.7 Å². The highest BCUT2D eigenvalue weighted by Gasteiger charge is 2.16. The summed E-state index contributed by atoms with van der Waals surface area (Å²) in [5.41, 5.74) is 3.59. The quantitative estimate of drug-likeness (QED) is 0.899. The fourth-order valence-corrected chi connectivity index (χ4v) is 3.28. The van der Waals surface area contributed by atoms with Gasteiger partial charge in [-0.25, -0.2) is 4.98 Å². The van der Waals surface area contributed by atoms with Crippen LogP contribution in [-0.4, -0.2) is 16.0 Å². The third-order valence-corrected chi connectivity index (χ3v) is 4.32. The number of rotatable bonds is 5. The normalized spacial score (nSPS) is 11.6. The van der Waals surface area contributed by atoms with Crippen molar-refractivity contribution < 1.29 is 0 Å². The van der Waals surface area contributed by atoms with Crippen LogP contribution in [0, 0.1) is 6.92 Å². The second kappa shape index (κ2) is 6.46. The summed E-state index contributed by atoms with van der Waals surface area (Å²) in [6.07, 6.45) is 3.74. The van der Waals surface area contributed by atoms with Crippen molar-refractivity contribution in [2.24, 2.45) is 0 Å². The van der Waals surface area contributed by atoms with Crippen LogP contribution in [0.5, 0.6) is 0 Å². The molecule has 0 aromatic carbocycles. The lowest BCUT2D eigenvalue weighted by Crippen LogP contribution is -2.22. The van der Waals surface area contributed by atoms with E-state index < -0.39 is 0 Å². The molecule has 0 saturated carbocycles. The first-order valence-corrected chi connectivity index (χ1v) is 7.94. The summed E-state index contributed by atoms with van der Waals surface area (Å²) in [5.74, 6) is 0.445. The van der Waals surface area contributed by atoms with E-state index in [1.165, 1.54) is 16.1 Å². The molecule has 0 saturated heterocycles. The minimum atomic E-state index is 0.445. The van der Waals surface area contributed by atoms with E-state index in [4.69, 9.17) is 4.98 Å². The third-order valence-electron chi connectivity index (χ3n) is 3.21. The lowest BCUT2D eigenvalue weighted by Gasteiger charge is -2.09. The molecule has 108 valence electrons. The number of hydrogen-bond acceptors (Lipinski definition) is 4. The van der Waals surface area contributed by atoms with Crippen LogP contribution < -0.4 is 5.32 Å². The van der Waals surface area contributed by atoms with E-state index in [-0.39, 0.29) is 0 Å². The number of thiazole rings is 1. The predicted molar refractivity (Wildman–Crippen MR) is 86.1 cm³/mol. The SMILES string of the molecule is Cc1ccncc1-c1nc(C(C)C)c(CNC(C)C)s1. The number of nitrogens with zero attached hydrogens (tertiary/aromatic N) is 2. The summed E-state index contributed by atoms with van der Waals surface area (Å²) >= 11 is 1.78. The average Bonchev–Trinajstić information content (AvgIpc) is 2.81. The Bertz CT molecular complexity index is 573. The highest BCUT2D eigenvalue weighted by molar-refractivity contribution is 7.15. The van der Waals surface area contributed by atoms with Crippen molar-refractivity contribution in [2.75, 3.05) is 0 Å². The summed E-state index contributed by atoms with van der Waals surface area (Å²) in [6, 6.07) is 2.53. The van der Waals surface area contributed by atoms with Gasteiger partial charge in [-0.15, -0.1) is 11.3 Å². The molecule has 0 atom stereocenters. The van der Waals surface area contributed by atoms with Gasteiger partial charge in [0.15, 0.2) is 0 Å². The Balaban J connectivity index is 2.36. The van der Waals surface area contributed by atoms with Crippen molar-refractivity contribution in [3.8, 4) is 10.6 Å². The smallest absolute Gasteiger partial charge is 0.125 e. The zero-order chi connectivity index (χ0) is 14.7. The van der Waals surface area contributed by atoms with E-state index in [2.05, 4.69) is 44.9 Å². The highest BCUT2D eigenvalue weighted by Crippen LogP contribution is 2.32. The van der Waals surface area contributed by atoms with Crippen LogP contribution in [0.1, 0.15) is 49.7 Å². The topological polar surface area (TPSA) is 37.8 Å². The maximum Gasteiger partial charge on any atom is 0.125 e. The third kappa shape index (κ3) is 3.44. The van der Waals surface area contributed by atoms with Gasteiger partial charge in [0.05, 0.1) is 5.69 Å². The van der Waals surface area contributed by atoms with Crippen LogP contribution in [-0.2, 0) is 6.54 Å². The van der Waals surface area contributed by atoms with Gasteiger partial charge in [-0.3, -0.25) is 4.98 Å². The van der Waals surface area contributed by atoms with Crippen LogP contribution in [0.2, 0.25) is 0 Å². The molecule has 2 aromatic rings. The molecule has 0 spiro atoms. The molecule has 2 heterocycles. The standard InChI is InChI=1S/C16H23N3S/c1-10(2)15-14(9-18-11(3)4)20-16(19-15)13-8-17-7-6-12(13)5/h6-8,10-11,18H,9H2,1-5H3. The molecule has 3 nitrogen and oxygen atoms in total. The van der Waals surface area contributed by atoms with Crippen molar-refractivity contribution >= 4 is 11.3 Å². The van der Waals surface area contributed by atoms with E-state index >= 15 is 0 Å². The molecule has 0 unspecified atom stereocenters. The van der Waals surface area contributed by atoms with Gasteiger partial charge in [-0.05, 0) is 24.5 Å². The summed E-state index contributed by atoms with van der Waals surface area (Å²) in [6.45, 7) is 11.7. The van der Waals surface area contributed by atoms with Crippen molar-refractivity contribution in [1.82, 2.24) is 15.3 Å². The summed E-state index contributed by atoms with van der Waals surface area (Å²) in [7, 11) is 0. The molecule has 2 rings (SSSR count). The number of hydrogen-bond donors (Lipinski definition) is 1. The molecule has 1 N–H and O–H groups in total. The molecule has 2 aromatic heterocycles. The lowest BCUT2D eigenvalue weighted by atomic mass is 10.1. The maximum atomic E-state index is 4.86. The first-order chi connectivity index (χ1) is 9.49. The van der Waals surface area contributed by atoms with Gasteiger partial charge in [0.2, 0.25) is 0 Å². The van der Waals surface area contributed by atoms with E-state index in [9.17, 15) is 0 Å². The number of aromatic nitrogens is 2.